The van der Waals surface area contributed by atoms with Crippen LogP contribution in [0.25, 0.3) is 0 Å². The lowest BCUT2D eigenvalue weighted by atomic mass is 10.1. The summed E-state index contributed by atoms with van der Waals surface area (Å²) in [4.78, 5) is 14.4. The van der Waals surface area contributed by atoms with Gasteiger partial charge in [0.2, 0.25) is 5.82 Å². The molecular weight excluding hydrogens is 280 g/mol. The Kier molecular flexibility index (Phi) is 4.05. The molecule has 0 aliphatic rings. The van der Waals surface area contributed by atoms with Crippen LogP contribution < -0.4 is 11.1 Å². The number of nitrogens with zero attached hydrogens (tertiary/aromatic N) is 2. The van der Waals surface area contributed by atoms with Gasteiger partial charge < -0.3 is 11.1 Å². The van der Waals surface area contributed by atoms with Crippen molar-refractivity contribution in [1.82, 2.24) is 4.98 Å². The third-order valence-corrected chi connectivity index (χ3v) is 3.03. The van der Waals surface area contributed by atoms with E-state index in [4.69, 9.17) is 17.3 Å². The van der Waals surface area contributed by atoms with Crippen molar-refractivity contribution in [2.45, 2.75) is 13.0 Å². The molecule has 0 saturated heterocycles. The highest BCUT2D eigenvalue weighted by Gasteiger charge is 2.18. The van der Waals surface area contributed by atoms with Gasteiger partial charge in [-0.25, -0.2) is 4.98 Å². The summed E-state index contributed by atoms with van der Waals surface area (Å²) in [6, 6.07) is 8.38. The molecule has 0 fully saturated rings. The summed E-state index contributed by atoms with van der Waals surface area (Å²) in [6.07, 6.45) is 1.37. The third-order valence-electron chi connectivity index (χ3n) is 2.82. The summed E-state index contributed by atoms with van der Waals surface area (Å²) in [7, 11) is 0. The second kappa shape index (κ2) is 5.75. The summed E-state index contributed by atoms with van der Waals surface area (Å²) in [5.41, 5.74) is 7.08. The minimum Gasteiger partial charge on any atom is -0.399 e. The van der Waals surface area contributed by atoms with E-state index in [-0.39, 0.29) is 22.6 Å². The summed E-state index contributed by atoms with van der Waals surface area (Å²) in [5.74, 6) is 0.184. The molecule has 2 aromatic rings. The van der Waals surface area contributed by atoms with E-state index in [1.165, 1.54) is 12.3 Å². The molecule has 1 aromatic carbocycles. The van der Waals surface area contributed by atoms with Crippen LogP contribution in [-0.4, -0.2) is 9.91 Å². The molecule has 104 valence electrons. The van der Waals surface area contributed by atoms with Crippen LogP contribution in [0.1, 0.15) is 18.5 Å². The van der Waals surface area contributed by atoms with E-state index in [1.54, 1.807) is 12.1 Å². The van der Waals surface area contributed by atoms with Gasteiger partial charge in [-0.15, -0.1) is 0 Å². The zero-order valence-electron chi connectivity index (χ0n) is 10.7. The number of anilines is 2. The van der Waals surface area contributed by atoms with Crippen molar-refractivity contribution < 1.29 is 4.92 Å². The molecule has 0 amide bonds. The third kappa shape index (κ3) is 3.16. The molecular formula is C13H13ClN4O2. The van der Waals surface area contributed by atoms with Gasteiger partial charge in [-0.05, 0) is 24.6 Å². The molecule has 2 rings (SSSR count). The monoisotopic (exact) mass is 292 g/mol. The van der Waals surface area contributed by atoms with Crippen LogP contribution in [0.2, 0.25) is 5.02 Å². The molecule has 0 radical (unpaired) electrons. The number of rotatable bonds is 4. The number of nitro groups is 1. The molecule has 1 heterocycles. The van der Waals surface area contributed by atoms with Crippen molar-refractivity contribution in [1.29, 1.82) is 0 Å². The van der Waals surface area contributed by atoms with E-state index in [2.05, 4.69) is 10.3 Å². The van der Waals surface area contributed by atoms with E-state index in [1.807, 2.05) is 19.1 Å². The Morgan fingerprint density at radius 1 is 1.40 bits per heavy atom. The Hall–Kier alpha value is -2.34. The number of halogens is 1. The van der Waals surface area contributed by atoms with E-state index in [0.29, 0.717) is 5.69 Å². The van der Waals surface area contributed by atoms with Crippen molar-refractivity contribution in [3.05, 3.63) is 57.2 Å². The van der Waals surface area contributed by atoms with Crippen molar-refractivity contribution in [3.63, 3.8) is 0 Å². The van der Waals surface area contributed by atoms with E-state index in [9.17, 15) is 10.1 Å². The number of nitrogens with one attached hydrogen (secondary N) is 1. The largest absolute Gasteiger partial charge is 0.399 e. The Morgan fingerprint density at radius 3 is 2.65 bits per heavy atom. The van der Waals surface area contributed by atoms with Gasteiger partial charge in [0.15, 0.2) is 0 Å². The Bertz CT molecular complexity index is 631. The lowest BCUT2D eigenvalue weighted by Crippen LogP contribution is -2.09. The molecule has 0 aliphatic carbocycles. The Morgan fingerprint density at radius 2 is 2.05 bits per heavy atom. The van der Waals surface area contributed by atoms with Crippen LogP contribution in [0.3, 0.4) is 0 Å². The zero-order valence-corrected chi connectivity index (χ0v) is 11.5. The highest BCUT2D eigenvalue weighted by Crippen LogP contribution is 2.28. The van der Waals surface area contributed by atoms with E-state index >= 15 is 0 Å². The van der Waals surface area contributed by atoms with Crippen LogP contribution in [0.4, 0.5) is 17.2 Å². The predicted octanol–water partition coefficient (Wildman–Crippen LogP) is 3.40. The van der Waals surface area contributed by atoms with Gasteiger partial charge in [-0.2, -0.15) is 0 Å². The Balaban J connectivity index is 2.25. The minimum atomic E-state index is -0.517. The molecule has 0 bridgehead atoms. The zero-order chi connectivity index (χ0) is 14.7. The fraction of sp³-hybridized carbons (Fsp3) is 0.154. The summed E-state index contributed by atoms with van der Waals surface area (Å²) < 4.78 is 0. The summed E-state index contributed by atoms with van der Waals surface area (Å²) in [5, 5.41) is 14.2. The summed E-state index contributed by atoms with van der Waals surface area (Å²) in [6.45, 7) is 1.88. The maximum absolute atomic E-state index is 11.0. The number of hydrogen-bond donors (Lipinski definition) is 2. The normalized spacial score (nSPS) is 11.9. The predicted molar refractivity (Wildman–Crippen MR) is 78.8 cm³/mol. The topological polar surface area (TPSA) is 94.1 Å². The SMILES string of the molecule is CC(Nc1ncc(Cl)cc1[N+](=O)[O-])c1ccc(N)cc1. The molecule has 1 unspecified atom stereocenters. The molecule has 1 atom stereocenters. The van der Waals surface area contributed by atoms with Crippen LogP contribution in [0.5, 0.6) is 0 Å². The highest BCUT2D eigenvalue weighted by molar-refractivity contribution is 6.30. The maximum Gasteiger partial charge on any atom is 0.312 e. The van der Waals surface area contributed by atoms with Gasteiger partial charge in [0.1, 0.15) is 0 Å². The number of nitrogen functional groups attached to an aromatic ring is 1. The van der Waals surface area contributed by atoms with Crippen molar-refractivity contribution in [2.75, 3.05) is 11.1 Å². The van der Waals surface area contributed by atoms with Crippen LogP contribution in [0.15, 0.2) is 36.5 Å². The van der Waals surface area contributed by atoms with Crippen LogP contribution in [-0.2, 0) is 0 Å². The molecule has 0 spiro atoms. The molecule has 7 heteroatoms. The van der Waals surface area contributed by atoms with Crippen molar-refractivity contribution >= 4 is 28.8 Å². The van der Waals surface area contributed by atoms with E-state index in [0.717, 1.165) is 5.56 Å². The van der Waals surface area contributed by atoms with Crippen LogP contribution in [0, 0.1) is 10.1 Å². The number of aromatic nitrogens is 1. The Labute approximate surface area is 120 Å². The molecule has 0 saturated carbocycles. The molecule has 20 heavy (non-hydrogen) atoms. The molecule has 6 nitrogen and oxygen atoms in total. The molecule has 1 aromatic heterocycles. The fourth-order valence-electron chi connectivity index (χ4n) is 1.75. The first-order chi connectivity index (χ1) is 9.47. The summed E-state index contributed by atoms with van der Waals surface area (Å²) >= 11 is 5.72. The highest BCUT2D eigenvalue weighted by atomic mass is 35.5. The number of pyridine rings is 1. The van der Waals surface area contributed by atoms with Gasteiger partial charge in [-0.3, -0.25) is 10.1 Å². The molecule has 3 N–H and O–H groups in total. The van der Waals surface area contributed by atoms with E-state index < -0.39 is 4.92 Å². The first-order valence-corrected chi connectivity index (χ1v) is 6.27. The van der Waals surface area contributed by atoms with Gasteiger partial charge in [0.25, 0.3) is 0 Å². The van der Waals surface area contributed by atoms with Crippen molar-refractivity contribution in [2.24, 2.45) is 0 Å². The average molecular weight is 293 g/mol. The number of hydrogen-bond acceptors (Lipinski definition) is 5. The van der Waals surface area contributed by atoms with Gasteiger partial charge in [0.05, 0.1) is 16.0 Å². The standard InChI is InChI=1S/C13H13ClN4O2/c1-8(9-2-4-11(15)5-3-9)17-13-12(18(19)20)6-10(14)7-16-13/h2-8H,15H2,1H3,(H,16,17). The lowest BCUT2D eigenvalue weighted by Gasteiger charge is -2.15. The van der Waals surface area contributed by atoms with Crippen LogP contribution >= 0.6 is 11.6 Å². The second-order valence-corrected chi connectivity index (χ2v) is 4.75. The van der Waals surface area contributed by atoms with Gasteiger partial charge in [-0.1, -0.05) is 23.7 Å². The first-order valence-electron chi connectivity index (χ1n) is 5.89. The van der Waals surface area contributed by atoms with Gasteiger partial charge >= 0.3 is 5.69 Å². The lowest BCUT2D eigenvalue weighted by molar-refractivity contribution is -0.384. The van der Waals surface area contributed by atoms with Crippen molar-refractivity contribution in [3.8, 4) is 0 Å². The maximum atomic E-state index is 11.0. The first kappa shape index (κ1) is 14.1. The smallest absolute Gasteiger partial charge is 0.312 e. The molecule has 0 aliphatic heterocycles. The number of benzene rings is 1. The number of nitrogens with two attached hydrogens (primary N) is 1. The fourth-order valence-corrected chi connectivity index (χ4v) is 1.90. The van der Waals surface area contributed by atoms with Gasteiger partial charge in [0, 0.05) is 18.0 Å². The quantitative estimate of drug-likeness (QED) is 0.511. The second-order valence-electron chi connectivity index (χ2n) is 4.31. The minimum absolute atomic E-state index is 0.150. The average Bonchev–Trinajstić information content (AvgIpc) is 2.41.